The Balaban J connectivity index is 1.59. The Hall–Kier alpha value is -3.32. The number of amides is 3. The third kappa shape index (κ3) is 4.48. The van der Waals surface area contributed by atoms with Crippen molar-refractivity contribution < 1.29 is 19.1 Å². The van der Waals surface area contributed by atoms with Crippen molar-refractivity contribution in [2.24, 2.45) is 0 Å². The van der Waals surface area contributed by atoms with Gasteiger partial charge in [0.05, 0.1) is 11.1 Å². The van der Waals surface area contributed by atoms with E-state index in [1.807, 2.05) is 31.2 Å². The van der Waals surface area contributed by atoms with Gasteiger partial charge in [-0.25, -0.2) is 4.79 Å². The summed E-state index contributed by atoms with van der Waals surface area (Å²) in [5, 5.41) is 4.95. The molecule has 6 nitrogen and oxygen atoms in total. The molecule has 1 aliphatic rings. The van der Waals surface area contributed by atoms with Gasteiger partial charge in [0.25, 0.3) is 5.91 Å². The van der Waals surface area contributed by atoms with Gasteiger partial charge < -0.3 is 14.8 Å². The third-order valence-electron chi connectivity index (χ3n) is 5.12. The molecule has 1 N–H and O–H groups in total. The van der Waals surface area contributed by atoms with E-state index >= 15 is 0 Å². The van der Waals surface area contributed by atoms with Crippen LogP contribution in [0.2, 0.25) is 0 Å². The number of imide groups is 1. The van der Waals surface area contributed by atoms with Crippen molar-refractivity contribution in [2.75, 3.05) is 13.2 Å². The van der Waals surface area contributed by atoms with E-state index in [2.05, 4.69) is 45.5 Å². The second-order valence-corrected chi connectivity index (χ2v) is 8.13. The molecule has 1 saturated heterocycles. The molecule has 7 heteroatoms. The maximum Gasteiger partial charge on any atom is 0.328 e. The normalized spacial score (nSPS) is 14.8. The molecule has 4 rings (SSSR count). The van der Waals surface area contributed by atoms with Crippen LogP contribution in [0.3, 0.4) is 0 Å². The van der Waals surface area contributed by atoms with Crippen LogP contribution in [0.15, 0.2) is 64.8 Å². The van der Waals surface area contributed by atoms with Crippen molar-refractivity contribution in [1.82, 2.24) is 10.2 Å². The standard InChI is InChI=1S/C25H23BrN2O4/c1-3-28-24(29)21(27-25(28)30)13-17-12-20(26)23(22(14-17)31-4-2)32-15-16-9-10-18-7-5-6-8-19(18)11-16/h5-14H,3-4,15H2,1-2H3,(H,27,30)/b21-13+. The van der Waals surface area contributed by atoms with Crippen molar-refractivity contribution in [3.05, 3.63) is 75.9 Å². The fourth-order valence-electron chi connectivity index (χ4n) is 3.58. The van der Waals surface area contributed by atoms with Gasteiger partial charge in [0.2, 0.25) is 0 Å². The van der Waals surface area contributed by atoms with E-state index in [1.165, 1.54) is 5.39 Å². The summed E-state index contributed by atoms with van der Waals surface area (Å²) in [4.78, 5) is 25.4. The Kier molecular flexibility index (Phi) is 6.46. The lowest BCUT2D eigenvalue weighted by Crippen LogP contribution is -2.30. The fraction of sp³-hybridized carbons (Fsp3) is 0.200. The molecule has 3 aromatic rings. The van der Waals surface area contributed by atoms with Gasteiger partial charge in [-0.3, -0.25) is 9.69 Å². The number of likely N-dealkylation sites (N-methyl/N-ethyl adjacent to an activating group) is 1. The van der Waals surface area contributed by atoms with E-state index in [0.29, 0.717) is 41.3 Å². The number of urea groups is 1. The Morgan fingerprint density at radius 1 is 1.00 bits per heavy atom. The maximum atomic E-state index is 12.4. The molecule has 0 unspecified atom stereocenters. The van der Waals surface area contributed by atoms with E-state index in [9.17, 15) is 9.59 Å². The lowest BCUT2D eigenvalue weighted by molar-refractivity contribution is -0.122. The zero-order valence-corrected chi connectivity index (χ0v) is 19.4. The van der Waals surface area contributed by atoms with Gasteiger partial charge in [0.15, 0.2) is 11.5 Å². The molecule has 0 aliphatic carbocycles. The van der Waals surface area contributed by atoms with E-state index in [0.717, 1.165) is 15.8 Å². The molecule has 0 bridgehead atoms. The summed E-state index contributed by atoms with van der Waals surface area (Å²) in [6.45, 7) is 4.80. The molecule has 1 fully saturated rings. The third-order valence-corrected chi connectivity index (χ3v) is 5.71. The second kappa shape index (κ2) is 9.44. The highest BCUT2D eigenvalue weighted by Gasteiger charge is 2.32. The molecule has 3 aromatic carbocycles. The van der Waals surface area contributed by atoms with E-state index in [-0.39, 0.29) is 11.6 Å². The van der Waals surface area contributed by atoms with Crippen molar-refractivity contribution in [1.29, 1.82) is 0 Å². The van der Waals surface area contributed by atoms with Crippen LogP contribution >= 0.6 is 15.9 Å². The number of fused-ring (bicyclic) bond motifs is 1. The van der Waals surface area contributed by atoms with Crippen LogP contribution in [0.25, 0.3) is 16.8 Å². The topological polar surface area (TPSA) is 67.9 Å². The van der Waals surface area contributed by atoms with Crippen molar-refractivity contribution in [3.8, 4) is 11.5 Å². The highest BCUT2D eigenvalue weighted by Crippen LogP contribution is 2.38. The summed E-state index contributed by atoms with van der Waals surface area (Å²) in [7, 11) is 0. The first-order valence-corrected chi connectivity index (χ1v) is 11.2. The predicted molar refractivity (Wildman–Crippen MR) is 127 cm³/mol. The number of rotatable bonds is 7. The van der Waals surface area contributed by atoms with Gasteiger partial charge in [0.1, 0.15) is 12.3 Å². The Morgan fingerprint density at radius 2 is 1.78 bits per heavy atom. The average molecular weight is 495 g/mol. The highest BCUT2D eigenvalue weighted by atomic mass is 79.9. The number of carbonyl (C=O) groups excluding carboxylic acids is 2. The summed E-state index contributed by atoms with van der Waals surface area (Å²) in [6, 6.07) is 17.6. The zero-order valence-electron chi connectivity index (χ0n) is 17.9. The van der Waals surface area contributed by atoms with Gasteiger partial charge in [0, 0.05) is 6.54 Å². The predicted octanol–water partition coefficient (Wildman–Crippen LogP) is 5.49. The van der Waals surface area contributed by atoms with E-state index in [1.54, 1.807) is 19.1 Å². The lowest BCUT2D eigenvalue weighted by atomic mass is 10.1. The zero-order chi connectivity index (χ0) is 22.7. The maximum absolute atomic E-state index is 12.4. The molecule has 1 aliphatic heterocycles. The summed E-state index contributed by atoms with van der Waals surface area (Å²) < 4.78 is 12.6. The number of carbonyl (C=O) groups is 2. The van der Waals surface area contributed by atoms with Crippen molar-refractivity contribution in [2.45, 2.75) is 20.5 Å². The Bertz CT molecular complexity index is 1220. The number of hydrogen-bond donors (Lipinski definition) is 1. The largest absolute Gasteiger partial charge is 0.490 e. The summed E-state index contributed by atoms with van der Waals surface area (Å²) in [5.41, 5.74) is 1.99. The molecule has 0 saturated carbocycles. The highest BCUT2D eigenvalue weighted by molar-refractivity contribution is 9.10. The van der Waals surface area contributed by atoms with Gasteiger partial charge in [-0.15, -0.1) is 0 Å². The quantitative estimate of drug-likeness (QED) is 0.348. The molecular weight excluding hydrogens is 472 g/mol. The molecular formula is C25H23BrN2O4. The van der Waals surface area contributed by atoms with E-state index in [4.69, 9.17) is 9.47 Å². The number of halogens is 1. The van der Waals surface area contributed by atoms with Crippen molar-refractivity contribution >= 4 is 44.7 Å². The first kappa shape index (κ1) is 21.9. The summed E-state index contributed by atoms with van der Waals surface area (Å²) in [6.07, 6.45) is 1.64. The summed E-state index contributed by atoms with van der Waals surface area (Å²) in [5.74, 6) is 0.793. The summed E-state index contributed by atoms with van der Waals surface area (Å²) >= 11 is 3.57. The Labute approximate surface area is 194 Å². The minimum atomic E-state index is -0.414. The molecule has 32 heavy (non-hydrogen) atoms. The van der Waals surface area contributed by atoms with Gasteiger partial charge in [-0.05, 0) is 76.0 Å². The number of ether oxygens (including phenoxy) is 2. The molecule has 3 amide bonds. The minimum Gasteiger partial charge on any atom is -0.490 e. The fourth-order valence-corrected chi connectivity index (χ4v) is 4.16. The molecule has 1 heterocycles. The Morgan fingerprint density at radius 3 is 2.50 bits per heavy atom. The van der Waals surface area contributed by atoms with Crippen LogP contribution in [0.4, 0.5) is 4.79 Å². The average Bonchev–Trinajstić information content (AvgIpc) is 3.05. The number of nitrogens with one attached hydrogen (secondary N) is 1. The smallest absolute Gasteiger partial charge is 0.328 e. The monoisotopic (exact) mass is 494 g/mol. The molecule has 0 atom stereocenters. The lowest BCUT2D eigenvalue weighted by Gasteiger charge is -2.15. The van der Waals surface area contributed by atoms with Crippen LogP contribution < -0.4 is 14.8 Å². The first-order valence-electron chi connectivity index (χ1n) is 10.4. The van der Waals surface area contributed by atoms with Crippen LogP contribution in [0.5, 0.6) is 11.5 Å². The molecule has 164 valence electrons. The minimum absolute atomic E-state index is 0.232. The van der Waals surface area contributed by atoms with Gasteiger partial charge in [-0.2, -0.15) is 0 Å². The number of nitrogens with zero attached hydrogens (tertiary/aromatic N) is 1. The molecule has 0 aromatic heterocycles. The van der Waals surface area contributed by atoms with Gasteiger partial charge >= 0.3 is 6.03 Å². The second-order valence-electron chi connectivity index (χ2n) is 7.27. The van der Waals surface area contributed by atoms with Crippen LogP contribution in [0.1, 0.15) is 25.0 Å². The van der Waals surface area contributed by atoms with E-state index < -0.39 is 6.03 Å². The molecule has 0 radical (unpaired) electrons. The van der Waals surface area contributed by atoms with Crippen LogP contribution in [-0.2, 0) is 11.4 Å². The number of hydrogen-bond acceptors (Lipinski definition) is 4. The van der Waals surface area contributed by atoms with Crippen LogP contribution in [-0.4, -0.2) is 30.0 Å². The molecule has 0 spiro atoms. The van der Waals surface area contributed by atoms with Crippen LogP contribution in [0, 0.1) is 0 Å². The number of benzene rings is 3. The van der Waals surface area contributed by atoms with Gasteiger partial charge in [-0.1, -0.05) is 36.4 Å². The van der Waals surface area contributed by atoms with Crippen molar-refractivity contribution in [3.63, 3.8) is 0 Å². The first-order chi connectivity index (χ1) is 15.5. The SMILES string of the molecule is CCOc1cc(/C=C2/NC(=O)N(CC)C2=O)cc(Br)c1OCc1ccc2ccccc2c1.